The number of aliphatic hydroxyl groups is 2. The molecule has 1 aliphatic carbocycles. The molecule has 1 aliphatic rings. The molecule has 202 valence electrons. The fourth-order valence-electron chi connectivity index (χ4n) is 4.12. The lowest BCUT2D eigenvalue weighted by Crippen LogP contribution is -2.67. The number of hydrogen-bond acceptors (Lipinski definition) is 4. The second kappa shape index (κ2) is 9.54. The number of carbonyl (C=O) groups is 1. The Morgan fingerprint density at radius 2 is 1.09 bits per heavy atom. The molecule has 0 heterocycles. The molecular weight excluding hydrogens is 508 g/mol. The van der Waals surface area contributed by atoms with Gasteiger partial charge in [0.05, 0.1) is 5.92 Å². The summed E-state index contributed by atoms with van der Waals surface area (Å²) in [4.78, 5) is 12.1. The highest BCUT2D eigenvalue weighted by molar-refractivity contribution is 5.72. The average molecular weight is 530 g/mol. The van der Waals surface area contributed by atoms with Crippen molar-refractivity contribution in [2.24, 2.45) is 17.8 Å². The van der Waals surface area contributed by atoms with Crippen LogP contribution in [0.2, 0.25) is 0 Å². The van der Waals surface area contributed by atoms with E-state index in [1.165, 1.54) is 6.92 Å². The first-order chi connectivity index (χ1) is 14.9. The zero-order valence-corrected chi connectivity index (χ0v) is 17.6. The molecule has 0 aliphatic heterocycles. The molecule has 0 radical (unpaired) electrons. The monoisotopic (exact) mass is 530 g/mol. The molecule has 1 fully saturated rings. The van der Waals surface area contributed by atoms with E-state index in [2.05, 4.69) is 4.74 Å². The molecule has 0 amide bonds. The van der Waals surface area contributed by atoms with Crippen LogP contribution >= 0.6 is 0 Å². The summed E-state index contributed by atoms with van der Waals surface area (Å²) < 4.78 is 164. The lowest BCUT2D eigenvalue weighted by Gasteiger charge is -2.48. The number of hydrogen-bond donors (Lipinski definition) is 2. The number of esters is 1. The number of ether oxygens (including phenoxy) is 1. The molecule has 1 rings (SSSR count). The highest BCUT2D eigenvalue weighted by Gasteiger charge is 2.78. The van der Waals surface area contributed by atoms with Gasteiger partial charge in [0, 0.05) is 11.8 Å². The highest BCUT2D eigenvalue weighted by Crippen LogP contribution is 2.57. The summed E-state index contributed by atoms with van der Waals surface area (Å²) in [6, 6.07) is 0. The Morgan fingerprint density at radius 1 is 0.765 bits per heavy atom. The number of rotatable bonds is 6. The van der Waals surface area contributed by atoms with E-state index in [0.717, 1.165) is 0 Å². The molecule has 1 saturated carbocycles. The Balaban J connectivity index is 3.62. The molecule has 0 bridgehead atoms. The summed E-state index contributed by atoms with van der Waals surface area (Å²) in [5.41, 5.74) is -11.5. The second-order valence-corrected chi connectivity index (χ2v) is 8.37. The third-order valence-electron chi connectivity index (χ3n) is 5.98. The van der Waals surface area contributed by atoms with Gasteiger partial charge < -0.3 is 14.9 Å². The molecule has 34 heavy (non-hydrogen) atoms. The normalized spacial score (nSPS) is 24.6. The van der Waals surface area contributed by atoms with Gasteiger partial charge in [0.15, 0.2) is 0 Å². The van der Waals surface area contributed by atoms with Gasteiger partial charge in [0.25, 0.3) is 11.2 Å². The summed E-state index contributed by atoms with van der Waals surface area (Å²) in [5, 5.41) is 19.2. The van der Waals surface area contributed by atoms with Gasteiger partial charge >= 0.3 is 30.7 Å². The van der Waals surface area contributed by atoms with Crippen LogP contribution < -0.4 is 0 Å². The standard InChI is InChI=1S/C18H22F12O4/c1-3-4-8(2)12(31)34-11-6-9(13(32,15(19,20)21)16(22,23)24)5-10(7-11)14(33,17(25,26)27)18(28,29)30/h8-11,32-33H,3-7H2,1-2H3. The minimum atomic E-state index is -6.57. The Bertz CT molecular complexity index is 636. The third kappa shape index (κ3) is 5.51. The van der Waals surface area contributed by atoms with Gasteiger partial charge in [-0.15, -0.1) is 0 Å². The lowest BCUT2D eigenvalue weighted by atomic mass is 9.65. The fraction of sp³-hybridized carbons (Fsp3) is 0.944. The SMILES string of the molecule is CCCC(C)C(=O)OC1CC(C(O)(C(F)(F)F)C(F)(F)F)CC(C(O)(C(F)(F)F)C(F)(F)F)C1. The van der Waals surface area contributed by atoms with Crippen LogP contribution in [0.15, 0.2) is 0 Å². The van der Waals surface area contributed by atoms with Crippen molar-refractivity contribution in [3.8, 4) is 0 Å². The van der Waals surface area contributed by atoms with Crippen LogP contribution in [0.3, 0.4) is 0 Å². The van der Waals surface area contributed by atoms with E-state index in [0.29, 0.717) is 6.42 Å². The molecule has 3 unspecified atom stereocenters. The van der Waals surface area contributed by atoms with E-state index in [1.807, 2.05) is 0 Å². The molecular formula is C18H22F12O4. The number of halogens is 12. The maximum Gasteiger partial charge on any atom is 0.426 e. The van der Waals surface area contributed by atoms with Gasteiger partial charge in [-0.25, -0.2) is 0 Å². The van der Waals surface area contributed by atoms with Crippen molar-refractivity contribution >= 4 is 5.97 Å². The van der Waals surface area contributed by atoms with Crippen molar-refractivity contribution in [1.82, 2.24) is 0 Å². The quantitative estimate of drug-likeness (QED) is 0.354. The smallest absolute Gasteiger partial charge is 0.426 e. The first kappa shape index (κ1) is 30.6. The Morgan fingerprint density at radius 3 is 1.35 bits per heavy atom. The third-order valence-corrected chi connectivity index (χ3v) is 5.98. The van der Waals surface area contributed by atoms with Crippen molar-refractivity contribution in [1.29, 1.82) is 0 Å². The summed E-state index contributed by atoms with van der Waals surface area (Å²) in [5.74, 6) is -9.03. The van der Waals surface area contributed by atoms with E-state index in [-0.39, 0.29) is 6.42 Å². The van der Waals surface area contributed by atoms with Gasteiger partial charge in [-0.05, 0) is 25.7 Å². The molecule has 0 spiro atoms. The first-order valence-corrected chi connectivity index (χ1v) is 9.87. The molecule has 16 heteroatoms. The minimum absolute atomic E-state index is 0.0858. The van der Waals surface area contributed by atoms with Crippen molar-refractivity contribution in [2.75, 3.05) is 0 Å². The zero-order valence-electron chi connectivity index (χ0n) is 17.6. The van der Waals surface area contributed by atoms with E-state index in [4.69, 9.17) is 0 Å². The van der Waals surface area contributed by atoms with Gasteiger partial charge in [0.1, 0.15) is 6.10 Å². The Kier molecular flexibility index (Phi) is 8.58. The van der Waals surface area contributed by atoms with Gasteiger partial charge in [-0.2, -0.15) is 52.7 Å². The number of alkyl halides is 12. The van der Waals surface area contributed by atoms with E-state index < -0.39 is 85.0 Å². The summed E-state index contributed by atoms with van der Waals surface area (Å²) in [6.07, 6.45) is -33.5. The van der Waals surface area contributed by atoms with Crippen LogP contribution in [0, 0.1) is 17.8 Å². The number of carbonyl (C=O) groups excluding carboxylic acids is 1. The van der Waals surface area contributed by atoms with Crippen molar-refractivity contribution in [2.45, 2.75) is 88.0 Å². The topological polar surface area (TPSA) is 66.8 Å². The molecule has 0 aromatic heterocycles. The predicted molar refractivity (Wildman–Crippen MR) is 88.9 cm³/mol. The van der Waals surface area contributed by atoms with Gasteiger partial charge in [-0.1, -0.05) is 20.3 Å². The highest BCUT2D eigenvalue weighted by atomic mass is 19.4. The van der Waals surface area contributed by atoms with Gasteiger partial charge in [0.2, 0.25) is 0 Å². The molecule has 0 aromatic carbocycles. The van der Waals surface area contributed by atoms with Crippen LogP contribution in [-0.2, 0) is 9.53 Å². The summed E-state index contributed by atoms with van der Waals surface area (Å²) >= 11 is 0. The van der Waals surface area contributed by atoms with Crippen molar-refractivity contribution < 1.29 is 72.4 Å². The van der Waals surface area contributed by atoms with Crippen LogP contribution in [0.5, 0.6) is 0 Å². The van der Waals surface area contributed by atoms with Crippen LogP contribution in [-0.4, -0.2) is 58.2 Å². The van der Waals surface area contributed by atoms with E-state index in [9.17, 15) is 67.7 Å². The fourth-order valence-corrected chi connectivity index (χ4v) is 4.12. The average Bonchev–Trinajstić information content (AvgIpc) is 2.62. The maximum absolute atomic E-state index is 13.3. The largest absolute Gasteiger partial charge is 0.462 e. The van der Waals surface area contributed by atoms with Crippen LogP contribution in [0.25, 0.3) is 0 Å². The Hall–Kier alpha value is -1.45. The second-order valence-electron chi connectivity index (χ2n) is 8.37. The zero-order chi connectivity index (χ0) is 27.1. The van der Waals surface area contributed by atoms with Gasteiger partial charge in [-0.3, -0.25) is 4.79 Å². The summed E-state index contributed by atoms with van der Waals surface area (Å²) in [6.45, 7) is 2.79. The van der Waals surface area contributed by atoms with Crippen LogP contribution in [0.1, 0.15) is 46.0 Å². The van der Waals surface area contributed by atoms with Crippen molar-refractivity contribution in [3.63, 3.8) is 0 Å². The van der Waals surface area contributed by atoms with E-state index in [1.54, 1.807) is 6.92 Å². The molecule has 0 aromatic rings. The molecule has 3 atom stereocenters. The molecule has 2 N–H and O–H groups in total. The lowest BCUT2D eigenvalue weighted by molar-refractivity contribution is -0.405. The minimum Gasteiger partial charge on any atom is -0.462 e. The predicted octanol–water partition coefficient (Wildman–Crippen LogP) is 5.46. The maximum atomic E-state index is 13.3. The van der Waals surface area contributed by atoms with Crippen molar-refractivity contribution in [3.05, 3.63) is 0 Å². The van der Waals surface area contributed by atoms with E-state index >= 15 is 0 Å². The molecule has 4 nitrogen and oxygen atoms in total. The molecule has 0 saturated heterocycles. The summed E-state index contributed by atoms with van der Waals surface area (Å²) in [7, 11) is 0. The first-order valence-electron chi connectivity index (χ1n) is 9.87. The Labute approximate surface area is 185 Å². The van der Waals surface area contributed by atoms with Crippen LogP contribution in [0.4, 0.5) is 52.7 Å².